The van der Waals surface area contributed by atoms with Crippen molar-refractivity contribution in [3.63, 3.8) is 0 Å². The molecule has 1 saturated carbocycles. The molecule has 0 radical (unpaired) electrons. The molecule has 1 aliphatic carbocycles. The van der Waals surface area contributed by atoms with E-state index in [1.807, 2.05) is 42.4 Å². The normalized spacial score (nSPS) is 28.0. The quantitative estimate of drug-likeness (QED) is 0.683. The molecule has 2 N–H and O–H groups in total. The van der Waals surface area contributed by atoms with Crippen molar-refractivity contribution in [1.82, 2.24) is 20.2 Å². The Balaban J connectivity index is 1.27. The Hall–Kier alpha value is -2.71. The SMILES string of the molecule is CC1OC2(CNC(=O)/C=C/c3ccn(C)c3)CC1(NC(=O)/C=C/c1cscn1)C2. The molecule has 1 unspecified atom stereocenters. The standard InChI is InChI=1S/C21H24N4O3S/c1-15-21(24-19(27)6-4-17-10-29-14-23-17)11-20(12-21,28-15)13-22-18(26)5-3-16-7-8-25(2)9-16/h3-10,14-15H,11-13H2,1-2H3,(H,22,26)(H,24,27)/b5-3+,6-4+. The van der Waals surface area contributed by atoms with Crippen LogP contribution in [-0.2, 0) is 21.4 Å². The lowest BCUT2D eigenvalue weighted by molar-refractivity contribution is -0.121. The molecular weight excluding hydrogens is 388 g/mol. The van der Waals surface area contributed by atoms with Gasteiger partial charge in [-0.3, -0.25) is 9.59 Å². The van der Waals surface area contributed by atoms with Crippen LogP contribution in [0.15, 0.2) is 41.5 Å². The predicted molar refractivity (Wildman–Crippen MR) is 112 cm³/mol. The van der Waals surface area contributed by atoms with Crippen molar-refractivity contribution in [2.45, 2.75) is 37.0 Å². The summed E-state index contributed by atoms with van der Waals surface area (Å²) in [5, 5.41) is 7.90. The second kappa shape index (κ2) is 7.61. The Morgan fingerprint density at radius 3 is 2.83 bits per heavy atom. The number of thiazole rings is 1. The van der Waals surface area contributed by atoms with Gasteiger partial charge < -0.3 is 19.9 Å². The summed E-state index contributed by atoms with van der Waals surface area (Å²) in [6.45, 7) is 2.40. The van der Waals surface area contributed by atoms with Gasteiger partial charge in [0.1, 0.15) is 0 Å². The van der Waals surface area contributed by atoms with Gasteiger partial charge in [-0.2, -0.15) is 0 Å². The van der Waals surface area contributed by atoms with E-state index in [9.17, 15) is 9.59 Å². The number of aryl methyl sites for hydroxylation is 1. The zero-order valence-corrected chi connectivity index (χ0v) is 17.2. The summed E-state index contributed by atoms with van der Waals surface area (Å²) in [7, 11) is 1.94. The molecular formula is C21H24N4O3S. The summed E-state index contributed by atoms with van der Waals surface area (Å²) in [4.78, 5) is 28.6. The number of amides is 2. The first-order chi connectivity index (χ1) is 13.9. The van der Waals surface area contributed by atoms with Crippen LogP contribution in [-0.4, -0.2) is 45.2 Å². The Labute approximate surface area is 173 Å². The van der Waals surface area contributed by atoms with E-state index in [0.29, 0.717) is 19.4 Å². The van der Waals surface area contributed by atoms with Crippen molar-refractivity contribution < 1.29 is 14.3 Å². The average molecular weight is 413 g/mol. The first-order valence-corrected chi connectivity index (χ1v) is 10.5. The third kappa shape index (κ3) is 4.18. The van der Waals surface area contributed by atoms with Crippen LogP contribution in [0.1, 0.15) is 31.0 Å². The molecule has 2 aromatic heterocycles. The van der Waals surface area contributed by atoms with Gasteiger partial charge in [-0.25, -0.2) is 4.98 Å². The van der Waals surface area contributed by atoms with Crippen molar-refractivity contribution in [1.29, 1.82) is 0 Å². The molecule has 2 saturated heterocycles. The molecule has 152 valence electrons. The van der Waals surface area contributed by atoms with Crippen LogP contribution in [0.2, 0.25) is 0 Å². The molecule has 8 heteroatoms. The summed E-state index contributed by atoms with van der Waals surface area (Å²) in [5.74, 6) is -0.308. The van der Waals surface area contributed by atoms with E-state index >= 15 is 0 Å². The number of carbonyl (C=O) groups excluding carboxylic acids is 2. The molecule has 4 heterocycles. The van der Waals surface area contributed by atoms with Crippen LogP contribution in [0.3, 0.4) is 0 Å². The molecule has 2 aliphatic heterocycles. The zero-order valence-electron chi connectivity index (χ0n) is 16.4. The monoisotopic (exact) mass is 412 g/mol. The van der Waals surface area contributed by atoms with E-state index in [4.69, 9.17) is 4.74 Å². The highest BCUT2D eigenvalue weighted by Crippen LogP contribution is 2.55. The molecule has 3 aliphatic rings. The van der Waals surface area contributed by atoms with Crippen molar-refractivity contribution in [3.05, 3.63) is 52.8 Å². The molecule has 2 amide bonds. The third-order valence-electron chi connectivity index (χ3n) is 5.58. The van der Waals surface area contributed by atoms with E-state index in [1.54, 1.807) is 17.7 Å². The number of hydrogen-bond donors (Lipinski definition) is 2. The molecule has 5 rings (SSSR count). The molecule has 3 fully saturated rings. The maximum Gasteiger partial charge on any atom is 0.244 e. The fourth-order valence-corrected chi connectivity index (χ4v) is 4.69. The van der Waals surface area contributed by atoms with E-state index in [2.05, 4.69) is 15.6 Å². The van der Waals surface area contributed by atoms with E-state index in [1.165, 1.54) is 23.5 Å². The van der Waals surface area contributed by atoms with Crippen LogP contribution in [0.5, 0.6) is 0 Å². The lowest BCUT2D eigenvalue weighted by Crippen LogP contribution is -2.63. The van der Waals surface area contributed by atoms with Crippen LogP contribution < -0.4 is 10.6 Å². The van der Waals surface area contributed by atoms with Crippen molar-refractivity contribution >= 4 is 35.3 Å². The number of rotatable bonds is 7. The maximum atomic E-state index is 12.3. The van der Waals surface area contributed by atoms with Crippen molar-refractivity contribution in [2.24, 2.45) is 7.05 Å². The molecule has 7 nitrogen and oxygen atoms in total. The van der Waals surface area contributed by atoms with Gasteiger partial charge in [-0.05, 0) is 30.7 Å². The van der Waals surface area contributed by atoms with Gasteiger partial charge in [-0.15, -0.1) is 11.3 Å². The van der Waals surface area contributed by atoms with E-state index in [-0.39, 0.29) is 23.5 Å². The first kappa shape index (κ1) is 19.6. The summed E-state index contributed by atoms with van der Waals surface area (Å²) in [5.41, 5.74) is 2.71. The van der Waals surface area contributed by atoms with Gasteiger partial charge in [0, 0.05) is 56.4 Å². The number of ether oxygens (including phenoxy) is 1. The molecule has 0 aromatic carbocycles. The highest BCUT2D eigenvalue weighted by atomic mass is 32.1. The Morgan fingerprint density at radius 2 is 2.14 bits per heavy atom. The maximum absolute atomic E-state index is 12.3. The van der Waals surface area contributed by atoms with Crippen molar-refractivity contribution in [2.75, 3.05) is 6.54 Å². The lowest BCUT2D eigenvalue weighted by atomic mass is 9.66. The van der Waals surface area contributed by atoms with E-state index < -0.39 is 5.60 Å². The summed E-state index contributed by atoms with van der Waals surface area (Å²) in [6.07, 6.45) is 11.7. The van der Waals surface area contributed by atoms with E-state index in [0.717, 1.165) is 11.3 Å². The summed E-state index contributed by atoms with van der Waals surface area (Å²) >= 11 is 1.49. The fourth-order valence-electron chi connectivity index (χ4n) is 4.17. The number of nitrogens with zero attached hydrogens (tertiary/aromatic N) is 2. The minimum atomic E-state index is -0.401. The van der Waals surface area contributed by atoms with Crippen LogP contribution in [0, 0.1) is 0 Å². The summed E-state index contributed by atoms with van der Waals surface area (Å²) in [6, 6.07) is 1.94. The topological polar surface area (TPSA) is 85.2 Å². The predicted octanol–water partition coefficient (Wildman–Crippen LogP) is 2.13. The Morgan fingerprint density at radius 1 is 1.34 bits per heavy atom. The molecule has 1 atom stereocenters. The molecule has 0 spiro atoms. The zero-order chi connectivity index (χ0) is 20.5. The highest BCUT2D eigenvalue weighted by molar-refractivity contribution is 7.07. The average Bonchev–Trinajstić information content (AvgIpc) is 3.41. The van der Waals surface area contributed by atoms with Gasteiger partial charge in [0.15, 0.2) is 0 Å². The number of nitrogens with one attached hydrogen (secondary N) is 2. The Kier molecular flexibility index (Phi) is 5.14. The lowest BCUT2D eigenvalue weighted by Gasteiger charge is -2.45. The smallest absolute Gasteiger partial charge is 0.244 e. The fraction of sp³-hybridized carbons (Fsp3) is 0.381. The largest absolute Gasteiger partial charge is 0.368 e. The molecule has 2 aromatic rings. The molecule has 29 heavy (non-hydrogen) atoms. The third-order valence-corrected chi connectivity index (χ3v) is 6.18. The van der Waals surface area contributed by atoms with Crippen LogP contribution in [0.25, 0.3) is 12.2 Å². The van der Waals surface area contributed by atoms with Gasteiger partial charge in [0.25, 0.3) is 0 Å². The highest BCUT2D eigenvalue weighted by Gasteiger charge is 2.66. The summed E-state index contributed by atoms with van der Waals surface area (Å²) < 4.78 is 8.03. The second-order valence-corrected chi connectivity index (χ2v) is 8.57. The van der Waals surface area contributed by atoms with Crippen molar-refractivity contribution in [3.8, 4) is 0 Å². The first-order valence-electron chi connectivity index (χ1n) is 9.52. The minimum absolute atomic E-state index is 0.101. The Bertz CT molecular complexity index is 954. The van der Waals surface area contributed by atoms with Gasteiger partial charge in [0.05, 0.1) is 28.4 Å². The van der Waals surface area contributed by atoms with Crippen LogP contribution in [0.4, 0.5) is 0 Å². The van der Waals surface area contributed by atoms with Crippen LogP contribution >= 0.6 is 11.3 Å². The van der Waals surface area contributed by atoms with Gasteiger partial charge in [-0.1, -0.05) is 0 Å². The van der Waals surface area contributed by atoms with Gasteiger partial charge in [0.2, 0.25) is 11.8 Å². The van der Waals surface area contributed by atoms with Gasteiger partial charge >= 0.3 is 0 Å². The second-order valence-electron chi connectivity index (χ2n) is 7.85. The minimum Gasteiger partial charge on any atom is -0.368 e. The number of fused-ring (bicyclic) bond motifs is 1. The number of carbonyl (C=O) groups is 2. The molecule has 2 bridgehead atoms. The number of aromatic nitrogens is 2. The number of hydrogen-bond acceptors (Lipinski definition) is 5.